The number of hydrogen-bond acceptors (Lipinski definition) is 1. The molecule has 1 aliphatic carbocycles. The molecule has 0 saturated carbocycles. The van der Waals surface area contributed by atoms with Gasteiger partial charge >= 0.3 is 0 Å². The molecule has 2 rings (SSSR count). The maximum atomic E-state index is 11.2. The van der Waals surface area contributed by atoms with Crippen LogP contribution in [0.25, 0.3) is 0 Å². The van der Waals surface area contributed by atoms with Crippen molar-refractivity contribution in [3.63, 3.8) is 0 Å². The topological polar surface area (TPSA) is 17.1 Å². The molecule has 0 aromatic heterocycles. The normalized spacial score (nSPS) is 15.7. The monoisotopic (exact) mass is 306 g/mol. The average Bonchev–Trinajstić information content (AvgIpc) is 2.12. The molecule has 1 aromatic carbocycles. The van der Waals surface area contributed by atoms with Crippen LogP contribution in [-0.4, -0.2) is 5.78 Å². The van der Waals surface area contributed by atoms with Gasteiger partial charge in [0.05, 0.1) is 0 Å². The van der Waals surface area contributed by atoms with Crippen molar-refractivity contribution in [1.29, 1.82) is 0 Å². The summed E-state index contributed by atoms with van der Waals surface area (Å²) in [6, 6.07) is 3.89. The first-order chi connectivity index (χ1) is 6.18. The molecule has 0 aliphatic heterocycles. The fourth-order valence-corrected chi connectivity index (χ4v) is 2.61. The SMILES string of the molecule is O=C1CCc2c(Cl)ccc(I)c2C1. The Bertz CT molecular complexity index is 373. The highest BCUT2D eigenvalue weighted by atomic mass is 127. The molecule has 3 heteroatoms. The number of fused-ring (bicyclic) bond motifs is 1. The highest BCUT2D eigenvalue weighted by Crippen LogP contribution is 2.29. The Labute approximate surface area is 95.6 Å². The Morgan fingerprint density at radius 2 is 2.00 bits per heavy atom. The standard InChI is InChI=1S/C10H8ClIO/c11-9-3-4-10(12)8-5-6(13)1-2-7(8)9/h3-4H,1-2,5H2. The molecule has 1 aromatic rings. The van der Waals surface area contributed by atoms with E-state index in [1.54, 1.807) is 0 Å². The van der Waals surface area contributed by atoms with Gasteiger partial charge in [0.15, 0.2) is 0 Å². The fraction of sp³-hybridized carbons (Fsp3) is 0.300. The molecule has 68 valence electrons. The maximum absolute atomic E-state index is 11.2. The van der Waals surface area contributed by atoms with Gasteiger partial charge in [0.1, 0.15) is 5.78 Å². The lowest BCUT2D eigenvalue weighted by Crippen LogP contribution is -2.14. The highest BCUT2D eigenvalue weighted by molar-refractivity contribution is 14.1. The molecule has 0 N–H and O–H groups in total. The molecule has 0 bridgehead atoms. The zero-order chi connectivity index (χ0) is 9.42. The molecule has 0 amide bonds. The van der Waals surface area contributed by atoms with E-state index in [0.29, 0.717) is 18.6 Å². The van der Waals surface area contributed by atoms with Crippen molar-refractivity contribution < 1.29 is 4.79 Å². The minimum atomic E-state index is 0.327. The van der Waals surface area contributed by atoms with Crippen molar-refractivity contribution in [1.82, 2.24) is 0 Å². The Balaban J connectivity index is 2.57. The van der Waals surface area contributed by atoms with Gasteiger partial charge in [-0.2, -0.15) is 0 Å². The van der Waals surface area contributed by atoms with Crippen molar-refractivity contribution >= 4 is 40.0 Å². The minimum Gasteiger partial charge on any atom is -0.299 e. The molecule has 13 heavy (non-hydrogen) atoms. The van der Waals surface area contributed by atoms with E-state index in [1.807, 2.05) is 12.1 Å². The molecule has 0 heterocycles. The van der Waals surface area contributed by atoms with Crippen LogP contribution in [0.5, 0.6) is 0 Å². The van der Waals surface area contributed by atoms with Crippen molar-refractivity contribution in [2.75, 3.05) is 0 Å². The van der Waals surface area contributed by atoms with Gasteiger partial charge in [-0.1, -0.05) is 11.6 Å². The van der Waals surface area contributed by atoms with Gasteiger partial charge < -0.3 is 0 Å². The third kappa shape index (κ3) is 1.74. The number of Topliss-reactive ketones (excluding diaryl/α,β-unsaturated/α-hetero) is 1. The lowest BCUT2D eigenvalue weighted by molar-refractivity contribution is -0.118. The number of carbonyl (C=O) groups is 1. The third-order valence-corrected chi connectivity index (χ3v) is 3.71. The van der Waals surface area contributed by atoms with Crippen LogP contribution in [0.3, 0.4) is 0 Å². The van der Waals surface area contributed by atoms with Gasteiger partial charge in [-0.05, 0) is 52.3 Å². The van der Waals surface area contributed by atoms with Gasteiger partial charge in [-0.3, -0.25) is 4.79 Å². The van der Waals surface area contributed by atoms with E-state index in [1.165, 1.54) is 5.56 Å². The van der Waals surface area contributed by atoms with E-state index in [4.69, 9.17) is 11.6 Å². The van der Waals surface area contributed by atoms with Crippen LogP contribution in [0, 0.1) is 3.57 Å². The quantitative estimate of drug-likeness (QED) is 0.674. The summed E-state index contributed by atoms with van der Waals surface area (Å²) in [6.45, 7) is 0. The van der Waals surface area contributed by atoms with E-state index in [0.717, 1.165) is 20.6 Å². The van der Waals surface area contributed by atoms with E-state index in [-0.39, 0.29) is 0 Å². The predicted octanol–water partition coefficient (Wildman–Crippen LogP) is 3.00. The maximum Gasteiger partial charge on any atom is 0.137 e. The molecule has 0 saturated heterocycles. The van der Waals surface area contributed by atoms with Crippen molar-refractivity contribution in [2.24, 2.45) is 0 Å². The van der Waals surface area contributed by atoms with E-state index < -0.39 is 0 Å². The Morgan fingerprint density at radius 3 is 2.77 bits per heavy atom. The molecule has 0 atom stereocenters. The van der Waals surface area contributed by atoms with Crippen LogP contribution in [0.2, 0.25) is 5.02 Å². The van der Waals surface area contributed by atoms with E-state index >= 15 is 0 Å². The first-order valence-corrected chi connectivity index (χ1v) is 5.61. The highest BCUT2D eigenvalue weighted by Gasteiger charge is 2.19. The second-order valence-corrected chi connectivity index (χ2v) is 4.77. The summed E-state index contributed by atoms with van der Waals surface area (Å²) < 4.78 is 1.16. The number of rotatable bonds is 0. The minimum absolute atomic E-state index is 0.327. The number of halogens is 2. The Morgan fingerprint density at radius 1 is 1.23 bits per heavy atom. The van der Waals surface area contributed by atoms with Crippen molar-refractivity contribution in [2.45, 2.75) is 19.3 Å². The number of ketones is 1. The zero-order valence-corrected chi connectivity index (χ0v) is 9.85. The van der Waals surface area contributed by atoms with Crippen molar-refractivity contribution in [3.05, 3.63) is 31.9 Å². The summed E-state index contributed by atoms with van der Waals surface area (Å²) in [5.41, 5.74) is 2.32. The smallest absolute Gasteiger partial charge is 0.137 e. The largest absolute Gasteiger partial charge is 0.299 e. The zero-order valence-electron chi connectivity index (χ0n) is 6.94. The van der Waals surface area contributed by atoms with Crippen LogP contribution >= 0.6 is 34.2 Å². The first kappa shape index (κ1) is 9.46. The molecule has 1 aliphatic rings. The molecule has 0 fully saturated rings. The van der Waals surface area contributed by atoms with Crippen LogP contribution in [0.4, 0.5) is 0 Å². The second kappa shape index (κ2) is 3.58. The Kier molecular flexibility index (Phi) is 2.60. The molecule has 0 radical (unpaired) electrons. The molecule has 1 nitrogen and oxygen atoms in total. The van der Waals surface area contributed by atoms with Crippen LogP contribution in [-0.2, 0) is 17.6 Å². The Hall–Kier alpha value is -0.0900. The van der Waals surface area contributed by atoms with E-state index in [2.05, 4.69) is 22.6 Å². The van der Waals surface area contributed by atoms with Crippen LogP contribution in [0.1, 0.15) is 17.5 Å². The molecular formula is C10H8ClIO. The van der Waals surface area contributed by atoms with Crippen LogP contribution in [0.15, 0.2) is 12.1 Å². The summed E-state index contributed by atoms with van der Waals surface area (Å²) in [7, 11) is 0. The summed E-state index contributed by atoms with van der Waals surface area (Å²) in [5.74, 6) is 0.327. The lowest BCUT2D eigenvalue weighted by atomic mass is 9.91. The van der Waals surface area contributed by atoms with Gasteiger partial charge in [-0.15, -0.1) is 0 Å². The number of benzene rings is 1. The summed E-state index contributed by atoms with van der Waals surface area (Å²) in [6.07, 6.45) is 2.02. The van der Waals surface area contributed by atoms with Gasteiger partial charge in [0.25, 0.3) is 0 Å². The third-order valence-electron chi connectivity index (χ3n) is 2.34. The summed E-state index contributed by atoms with van der Waals surface area (Å²) in [4.78, 5) is 11.2. The molecule has 0 unspecified atom stereocenters. The predicted molar refractivity (Wildman–Crippen MR) is 61.2 cm³/mol. The molecular weight excluding hydrogens is 298 g/mol. The van der Waals surface area contributed by atoms with Crippen LogP contribution < -0.4 is 0 Å². The van der Waals surface area contributed by atoms with Crippen molar-refractivity contribution in [3.8, 4) is 0 Å². The second-order valence-electron chi connectivity index (χ2n) is 3.20. The average molecular weight is 307 g/mol. The van der Waals surface area contributed by atoms with E-state index in [9.17, 15) is 4.79 Å². The van der Waals surface area contributed by atoms with Gasteiger partial charge in [0, 0.05) is 21.4 Å². The number of hydrogen-bond donors (Lipinski definition) is 0. The first-order valence-electron chi connectivity index (χ1n) is 4.16. The fourth-order valence-electron chi connectivity index (χ4n) is 1.65. The summed E-state index contributed by atoms with van der Waals surface area (Å²) >= 11 is 8.31. The number of carbonyl (C=O) groups excluding carboxylic acids is 1. The van der Waals surface area contributed by atoms with Gasteiger partial charge in [-0.25, -0.2) is 0 Å². The molecule has 0 spiro atoms. The van der Waals surface area contributed by atoms with Gasteiger partial charge in [0.2, 0.25) is 0 Å². The summed E-state index contributed by atoms with van der Waals surface area (Å²) in [5, 5.41) is 0.808. The lowest BCUT2D eigenvalue weighted by Gasteiger charge is -2.17.